The molecule has 0 aliphatic heterocycles. The van der Waals surface area contributed by atoms with Crippen LogP contribution in [0.4, 0.5) is 26.3 Å². The highest BCUT2D eigenvalue weighted by atomic mass is 35.6. The van der Waals surface area contributed by atoms with Gasteiger partial charge >= 0.3 is 0 Å². The molecule has 22 heteroatoms. The molecule has 0 saturated carbocycles. The SMILES string of the molecule is Fc1cc(F)nc(C(Cl)(Cl)Cl)n1.Fc1nc(C(Cl)(Cl)Cl)nc(F)c1Cl.Fc1nc(C(Cl)Cl)nc(F)c1Cl. The van der Waals surface area contributed by atoms with Gasteiger partial charge in [0.25, 0.3) is 0 Å². The lowest BCUT2D eigenvalue weighted by Crippen LogP contribution is -2.10. The third-order valence-electron chi connectivity index (χ3n) is 2.92. The zero-order valence-corrected chi connectivity index (χ0v) is 23.9. The molecule has 3 aromatic heterocycles. The maximum Gasteiger partial charge on any atom is 0.250 e. The van der Waals surface area contributed by atoms with Crippen molar-refractivity contribution in [1.29, 1.82) is 0 Å². The molecule has 204 valence electrons. The van der Waals surface area contributed by atoms with Crippen LogP contribution in [0, 0.1) is 35.7 Å². The molecular weight excluding hydrogens is 733 g/mol. The summed E-state index contributed by atoms with van der Waals surface area (Å²) in [4.78, 5) is 17.4. The van der Waals surface area contributed by atoms with E-state index in [1.165, 1.54) is 0 Å². The van der Waals surface area contributed by atoms with E-state index in [4.69, 9.17) is 116 Å². The Morgan fingerprint density at radius 1 is 0.541 bits per heavy atom. The van der Waals surface area contributed by atoms with Crippen LogP contribution in [0.2, 0.25) is 10.0 Å². The maximum atomic E-state index is 12.7. The number of rotatable bonds is 1. The second kappa shape index (κ2) is 14.4. The van der Waals surface area contributed by atoms with Crippen molar-refractivity contribution < 1.29 is 26.3 Å². The summed E-state index contributed by atoms with van der Waals surface area (Å²) in [6.45, 7) is 0. The van der Waals surface area contributed by atoms with E-state index in [0.717, 1.165) is 0 Å². The van der Waals surface area contributed by atoms with Gasteiger partial charge in [0.05, 0.1) is 0 Å². The van der Waals surface area contributed by atoms with Gasteiger partial charge in [0.1, 0.15) is 0 Å². The highest BCUT2D eigenvalue weighted by Crippen LogP contribution is 2.37. The van der Waals surface area contributed by atoms with E-state index in [2.05, 4.69) is 29.9 Å². The van der Waals surface area contributed by atoms with Crippen molar-refractivity contribution in [3.05, 3.63) is 69.3 Å². The fourth-order valence-electron chi connectivity index (χ4n) is 1.54. The van der Waals surface area contributed by atoms with Crippen LogP contribution in [-0.4, -0.2) is 29.9 Å². The van der Waals surface area contributed by atoms with Crippen LogP contribution in [0.5, 0.6) is 0 Å². The molecule has 0 bridgehead atoms. The second-order valence-electron chi connectivity index (χ2n) is 5.55. The summed E-state index contributed by atoms with van der Waals surface area (Å²) in [5.74, 6) is -8.52. The molecule has 0 N–H and O–H groups in total. The summed E-state index contributed by atoms with van der Waals surface area (Å²) in [5, 5.41) is -1.61. The van der Waals surface area contributed by atoms with Crippen molar-refractivity contribution in [2.45, 2.75) is 12.4 Å². The van der Waals surface area contributed by atoms with Crippen LogP contribution in [0.3, 0.4) is 0 Å². The molecule has 0 saturated heterocycles. The van der Waals surface area contributed by atoms with Crippen molar-refractivity contribution in [3.8, 4) is 0 Å². The Labute approximate surface area is 252 Å². The van der Waals surface area contributed by atoms with Crippen molar-refractivity contribution in [3.63, 3.8) is 0 Å². The number of nitrogens with zero attached hydrogens (tertiary/aromatic N) is 6. The molecule has 37 heavy (non-hydrogen) atoms. The smallest absolute Gasteiger partial charge is 0.200 e. The van der Waals surface area contributed by atoms with Crippen LogP contribution >= 0.6 is 116 Å². The van der Waals surface area contributed by atoms with Crippen LogP contribution in [0.1, 0.15) is 22.3 Å². The van der Waals surface area contributed by atoms with E-state index >= 15 is 0 Å². The van der Waals surface area contributed by atoms with Crippen LogP contribution in [0.15, 0.2) is 6.07 Å². The monoisotopic (exact) mass is 730 g/mol. The molecule has 0 unspecified atom stereocenters. The highest BCUT2D eigenvalue weighted by molar-refractivity contribution is 6.67. The minimum atomic E-state index is -2.08. The fourth-order valence-corrected chi connectivity index (χ4v) is 2.42. The first-order chi connectivity index (χ1) is 16.7. The minimum absolute atomic E-state index is 0.349. The Balaban J connectivity index is 0.000000278. The zero-order chi connectivity index (χ0) is 28.9. The van der Waals surface area contributed by atoms with Crippen LogP contribution in [-0.2, 0) is 7.59 Å². The van der Waals surface area contributed by atoms with Gasteiger partial charge in [-0.1, -0.05) is 116 Å². The van der Waals surface area contributed by atoms with Gasteiger partial charge in [-0.25, -0.2) is 9.97 Å². The number of hydrogen-bond acceptors (Lipinski definition) is 6. The van der Waals surface area contributed by atoms with Crippen molar-refractivity contribution in [2.75, 3.05) is 0 Å². The summed E-state index contributed by atoms with van der Waals surface area (Å²) in [6, 6.07) is 0.486. The van der Waals surface area contributed by atoms with E-state index in [1.54, 1.807) is 0 Å². The van der Waals surface area contributed by atoms with Gasteiger partial charge in [-0.15, -0.1) is 0 Å². The van der Waals surface area contributed by atoms with Gasteiger partial charge in [0, 0.05) is 6.07 Å². The molecule has 0 aliphatic carbocycles. The van der Waals surface area contributed by atoms with Gasteiger partial charge in [0.15, 0.2) is 32.4 Å². The summed E-state index contributed by atoms with van der Waals surface area (Å²) < 4.78 is 71.2. The predicted octanol–water partition coefficient (Wildman–Crippen LogP) is 8.70. The average Bonchev–Trinajstić information content (AvgIpc) is 2.74. The van der Waals surface area contributed by atoms with Gasteiger partial charge in [-0.05, 0) is 0 Å². The largest absolute Gasteiger partial charge is 0.250 e. The van der Waals surface area contributed by atoms with Crippen molar-refractivity contribution in [1.82, 2.24) is 29.9 Å². The van der Waals surface area contributed by atoms with Gasteiger partial charge in [-0.3, -0.25) is 0 Å². The standard InChI is InChI=1S/C5Cl4F2N2.2C5HCl3F2N2/c6-1-2(10)12-4(5(7,8)9)13-3(1)11;6-1-3(9)11-5(2(7)8)12-4(1)10;6-5(7,8)4-11-2(9)1-3(10)12-4/h;2H;1H. The first kappa shape index (κ1) is 34.7. The Kier molecular flexibility index (Phi) is 13.5. The first-order valence-corrected chi connectivity index (χ1v) is 12.0. The van der Waals surface area contributed by atoms with Crippen molar-refractivity contribution in [2.24, 2.45) is 0 Å². The number of aromatic nitrogens is 6. The van der Waals surface area contributed by atoms with Crippen molar-refractivity contribution >= 4 is 116 Å². The van der Waals surface area contributed by atoms with Crippen LogP contribution < -0.4 is 0 Å². The predicted molar refractivity (Wildman–Crippen MR) is 129 cm³/mol. The van der Waals surface area contributed by atoms with Gasteiger partial charge in [0.2, 0.25) is 43.3 Å². The summed E-state index contributed by atoms with van der Waals surface area (Å²) in [7, 11) is 0. The summed E-state index contributed by atoms with van der Waals surface area (Å²) in [6.07, 6.45) is 0. The van der Waals surface area contributed by atoms with E-state index < -0.39 is 69.8 Å². The Hall–Kier alpha value is -0.280. The molecule has 0 aliphatic rings. The number of alkyl halides is 8. The molecule has 3 heterocycles. The molecule has 3 rings (SSSR count). The normalized spacial score (nSPS) is 11.5. The van der Waals surface area contributed by atoms with Gasteiger partial charge in [-0.2, -0.15) is 46.3 Å². The van der Waals surface area contributed by atoms with E-state index in [1.807, 2.05) is 0 Å². The minimum Gasteiger partial charge on any atom is -0.200 e. The molecule has 0 aromatic carbocycles. The molecule has 6 nitrogen and oxygen atoms in total. The maximum absolute atomic E-state index is 12.7. The summed E-state index contributed by atoms with van der Waals surface area (Å²) >= 11 is 52.4. The third kappa shape index (κ3) is 11.4. The molecule has 0 fully saturated rings. The Morgan fingerprint density at radius 3 is 1.14 bits per heavy atom. The zero-order valence-electron chi connectivity index (χ0n) is 16.4. The lowest BCUT2D eigenvalue weighted by Gasteiger charge is -2.08. The average molecular weight is 735 g/mol. The Bertz CT molecular complexity index is 1180. The quantitative estimate of drug-likeness (QED) is 0.142. The second-order valence-corrected chi connectivity index (χ2v) is 12.0. The van der Waals surface area contributed by atoms with E-state index in [0.29, 0.717) is 6.07 Å². The molecule has 0 spiro atoms. The Morgan fingerprint density at radius 2 is 0.838 bits per heavy atom. The summed E-state index contributed by atoms with van der Waals surface area (Å²) in [5.41, 5.74) is 0. The number of hydrogen-bond donors (Lipinski definition) is 0. The fraction of sp³-hybridized carbons (Fsp3) is 0.200. The molecule has 0 atom stereocenters. The molecule has 0 radical (unpaired) electrons. The molecule has 3 aromatic rings. The van der Waals surface area contributed by atoms with Crippen LogP contribution in [0.25, 0.3) is 0 Å². The topological polar surface area (TPSA) is 77.3 Å². The highest BCUT2D eigenvalue weighted by Gasteiger charge is 2.29. The molecular formula is C15H2Cl10F6N6. The lowest BCUT2D eigenvalue weighted by molar-refractivity contribution is 0.513. The van der Waals surface area contributed by atoms with Gasteiger partial charge < -0.3 is 0 Å². The lowest BCUT2D eigenvalue weighted by atomic mass is 10.5. The first-order valence-electron chi connectivity index (χ1n) is 8.13. The third-order valence-corrected chi connectivity index (χ3v) is 4.95. The molecule has 0 amide bonds. The van der Waals surface area contributed by atoms with E-state index in [9.17, 15) is 26.3 Å². The van der Waals surface area contributed by atoms with E-state index in [-0.39, 0.29) is 5.82 Å². The number of halogens is 16.